The molecule has 1 aliphatic heterocycles. The van der Waals surface area contributed by atoms with Gasteiger partial charge in [0.2, 0.25) is 5.88 Å². The summed E-state index contributed by atoms with van der Waals surface area (Å²) in [6, 6.07) is 3.93. The van der Waals surface area contributed by atoms with Gasteiger partial charge in [-0.05, 0) is 44.9 Å². The predicted octanol–water partition coefficient (Wildman–Crippen LogP) is 4.95. The molecule has 0 atom stereocenters. The lowest BCUT2D eigenvalue weighted by molar-refractivity contribution is 0.0375. The summed E-state index contributed by atoms with van der Waals surface area (Å²) < 4.78 is 11.2. The fraction of sp³-hybridized carbons (Fsp3) is 0.409. The Balaban J connectivity index is 1.70. The first-order chi connectivity index (χ1) is 14.0. The van der Waals surface area contributed by atoms with Gasteiger partial charge in [-0.3, -0.25) is 0 Å². The van der Waals surface area contributed by atoms with Crippen LogP contribution in [0.3, 0.4) is 0 Å². The van der Waals surface area contributed by atoms with E-state index >= 15 is 0 Å². The first-order valence-electron chi connectivity index (χ1n) is 10.1. The number of fused-ring (bicyclic) bond motifs is 1. The molecule has 0 unspecified atom stereocenters. The SMILES string of the molecule is CC(C)OC(=O)c1c(NC2CCCCC2)oc(C=C2C=Nc3ncccc32)c1O. The molecule has 3 heterocycles. The Kier molecular flexibility index (Phi) is 5.38. The summed E-state index contributed by atoms with van der Waals surface area (Å²) in [6.07, 6.45) is 10.2. The molecule has 0 spiro atoms. The number of anilines is 1. The third-order valence-electron chi connectivity index (χ3n) is 5.11. The minimum atomic E-state index is -0.605. The second kappa shape index (κ2) is 8.11. The van der Waals surface area contributed by atoms with Crippen molar-refractivity contribution >= 4 is 35.5 Å². The van der Waals surface area contributed by atoms with Crippen LogP contribution in [0.1, 0.15) is 67.6 Å². The first kappa shape index (κ1) is 19.2. The molecular weight excluding hydrogens is 370 g/mol. The van der Waals surface area contributed by atoms with Crippen LogP contribution in [0.15, 0.2) is 27.7 Å². The Labute approximate surface area is 169 Å². The molecule has 0 aromatic carbocycles. The second-order valence-electron chi connectivity index (χ2n) is 7.68. The number of nitrogens with zero attached hydrogens (tertiary/aromatic N) is 2. The second-order valence-corrected chi connectivity index (χ2v) is 7.68. The summed E-state index contributed by atoms with van der Waals surface area (Å²) in [5, 5.41) is 14.1. The molecule has 2 aromatic heterocycles. The summed E-state index contributed by atoms with van der Waals surface area (Å²) in [5.41, 5.74) is 1.64. The van der Waals surface area contributed by atoms with Crippen molar-refractivity contribution in [1.82, 2.24) is 4.98 Å². The van der Waals surface area contributed by atoms with Crippen molar-refractivity contribution in [3.05, 3.63) is 35.2 Å². The molecule has 0 bridgehead atoms. The Morgan fingerprint density at radius 1 is 1.34 bits per heavy atom. The van der Waals surface area contributed by atoms with Crippen LogP contribution < -0.4 is 5.32 Å². The van der Waals surface area contributed by atoms with Crippen molar-refractivity contribution in [2.75, 3.05) is 5.32 Å². The minimum absolute atomic E-state index is 0.0393. The number of furan rings is 1. The molecule has 29 heavy (non-hydrogen) atoms. The number of carbonyl (C=O) groups excluding carboxylic acids is 1. The number of hydrogen-bond donors (Lipinski definition) is 2. The number of aliphatic imine (C=N–C) groups is 1. The maximum atomic E-state index is 12.6. The molecule has 0 radical (unpaired) electrons. The van der Waals surface area contributed by atoms with Crippen LogP contribution in [0.25, 0.3) is 11.6 Å². The minimum Gasteiger partial charge on any atom is -0.504 e. The van der Waals surface area contributed by atoms with Crippen LogP contribution in [0, 0.1) is 0 Å². The van der Waals surface area contributed by atoms with E-state index in [1.807, 2.05) is 12.1 Å². The standard InChI is InChI=1S/C22H25N3O4/c1-13(2)28-22(27)18-19(26)17(29-21(18)25-15-7-4-3-5-8-15)11-14-12-24-20-16(14)9-6-10-23-20/h6,9-13,15,25-26H,3-5,7-8H2,1-2H3. The molecule has 152 valence electrons. The summed E-state index contributed by atoms with van der Waals surface area (Å²) in [6.45, 7) is 3.54. The molecule has 1 saturated carbocycles. The van der Waals surface area contributed by atoms with Crippen LogP contribution in [0.2, 0.25) is 0 Å². The maximum Gasteiger partial charge on any atom is 0.347 e. The zero-order valence-electron chi connectivity index (χ0n) is 16.6. The van der Waals surface area contributed by atoms with Gasteiger partial charge < -0.3 is 19.6 Å². The monoisotopic (exact) mass is 395 g/mol. The quantitative estimate of drug-likeness (QED) is 0.696. The van der Waals surface area contributed by atoms with Gasteiger partial charge >= 0.3 is 5.97 Å². The summed E-state index contributed by atoms with van der Waals surface area (Å²) >= 11 is 0. The van der Waals surface area contributed by atoms with E-state index in [0.717, 1.165) is 36.8 Å². The number of aromatic nitrogens is 1. The number of allylic oxidation sites excluding steroid dienone is 1. The zero-order chi connectivity index (χ0) is 20.4. The molecule has 2 aliphatic rings. The van der Waals surface area contributed by atoms with E-state index in [1.54, 1.807) is 32.3 Å². The lowest BCUT2D eigenvalue weighted by Crippen LogP contribution is -2.23. The lowest BCUT2D eigenvalue weighted by Gasteiger charge is -2.22. The molecule has 1 aliphatic carbocycles. The highest BCUT2D eigenvalue weighted by molar-refractivity contribution is 6.21. The number of carbonyl (C=O) groups is 1. The largest absolute Gasteiger partial charge is 0.504 e. The van der Waals surface area contributed by atoms with Crippen molar-refractivity contribution < 1.29 is 19.1 Å². The highest BCUT2D eigenvalue weighted by Gasteiger charge is 2.29. The van der Waals surface area contributed by atoms with Gasteiger partial charge in [-0.15, -0.1) is 0 Å². The van der Waals surface area contributed by atoms with E-state index in [1.165, 1.54) is 6.42 Å². The van der Waals surface area contributed by atoms with Gasteiger partial charge in [0.15, 0.2) is 22.9 Å². The van der Waals surface area contributed by atoms with Crippen molar-refractivity contribution in [3.8, 4) is 5.75 Å². The van der Waals surface area contributed by atoms with Gasteiger partial charge in [-0.1, -0.05) is 19.3 Å². The summed E-state index contributed by atoms with van der Waals surface area (Å²) in [7, 11) is 0. The van der Waals surface area contributed by atoms with Crippen molar-refractivity contribution in [2.24, 2.45) is 4.99 Å². The van der Waals surface area contributed by atoms with E-state index < -0.39 is 5.97 Å². The molecule has 7 heteroatoms. The van der Waals surface area contributed by atoms with Gasteiger partial charge in [0.25, 0.3) is 0 Å². The Hall–Kier alpha value is -3.09. The third-order valence-corrected chi connectivity index (χ3v) is 5.11. The van der Waals surface area contributed by atoms with Gasteiger partial charge in [-0.25, -0.2) is 14.8 Å². The number of aromatic hydroxyl groups is 1. The van der Waals surface area contributed by atoms with Crippen LogP contribution in [-0.4, -0.2) is 34.4 Å². The summed E-state index contributed by atoms with van der Waals surface area (Å²) in [5.74, 6) is 0.230. The number of esters is 1. The molecule has 4 rings (SSSR count). The van der Waals surface area contributed by atoms with Crippen molar-refractivity contribution in [1.29, 1.82) is 0 Å². The highest BCUT2D eigenvalue weighted by atomic mass is 16.5. The number of ether oxygens (including phenoxy) is 1. The molecule has 0 saturated heterocycles. The fourth-order valence-corrected chi connectivity index (χ4v) is 3.72. The Morgan fingerprint density at radius 3 is 2.90 bits per heavy atom. The average Bonchev–Trinajstić information content (AvgIpc) is 3.24. The van der Waals surface area contributed by atoms with Crippen LogP contribution in [0.5, 0.6) is 5.75 Å². The third kappa shape index (κ3) is 4.04. The molecule has 0 amide bonds. The zero-order valence-corrected chi connectivity index (χ0v) is 16.6. The van der Waals surface area contributed by atoms with E-state index in [9.17, 15) is 9.90 Å². The summed E-state index contributed by atoms with van der Waals surface area (Å²) in [4.78, 5) is 21.1. The lowest BCUT2D eigenvalue weighted by atomic mass is 9.95. The van der Waals surface area contributed by atoms with E-state index in [4.69, 9.17) is 9.15 Å². The number of pyridine rings is 1. The van der Waals surface area contributed by atoms with E-state index in [2.05, 4.69) is 15.3 Å². The number of rotatable bonds is 5. The molecule has 2 aromatic rings. The van der Waals surface area contributed by atoms with Crippen LogP contribution in [-0.2, 0) is 4.74 Å². The molecule has 2 N–H and O–H groups in total. The number of hydrogen-bond acceptors (Lipinski definition) is 7. The average molecular weight is 395 g/mol. The maximum absolute atomic E-state index is 12.6. The normalized spacial score (nSPS) is 17.7. The predicted molar refractivity (Wildman–Crippen MR) is 112 cm³/mol. The topological polar surface area (TPSA) is 97.0 Å². The smallest absolute Gasteiger partial charge is 0.347 e. The van der Waals surface area contributed by atoms with Crippen LogP contribution >= 0.6 is 0 Å². The fourth-order valence-electron chi connectivity index (χ4n) is 3.72. The van der Waals surface area contributed by atoms with E-state index in [0.29, 0.717) is 5.82 Å². The van der Waals surface area contributed by atoms with Gasteiger partial charge in [0.1, 0.15) is 0 Å². The number of nitrogens with one attached hydrogen (secondary N) is 1. The molecule has 1 fully saturated rings. The Bertz CT molecular complexity index is 968. The van der Waals surface area contributed by atoms with Crippen molar-refractivity contribution in [3.63, 3.8) is 0 Å². The van der Waals surface area contributed by atoms with E-state index in [-0.39, 0.29) is 35.1 Å². The van der Waals surface area contributed by atoms with Gasteiger partial charge in [-0.2, -0.15) is 0 Å². The van der Waals surface area contributed by atoms with Crippen LogP contribution in [0.4, 0.5) is 11.7 Å². The highest BCUT2D eigenvalue weighted by Crippen LogP contribution is 2.39. The van der Waals surface area contributed by atoms with Crippen molar-refractivity contribution in [2.45, 2.75) is 58.1 Å². The molecular formula is C22H25N3O4. The van der Waals surface area contributed by atoms with Gasteiger partial charge in [0, 0.05) is 29.6 Å². The van der Waals surface area contributed by atoms with Gasteiger partial charge in [0.05, 0.1) is 6.10 Å². The Morgan fingerprint density at radius 2 is 2.14 bits per heavy atom. The first-order valence-corrected chi connectivity index (χ1v) is 10.1. The molecule has 7 nitrogen and oxygen atoms in total.